The monoisotopic (exact) mass is 330 g/mol. The summed E-state index contributed by atoms with van der Waals surface area (Å²) >= 11 is 1.27. The van der Waals surface area contributed by atoms with Gasteiger partial charge in [0.15, 0.2) is 0 Å². The van der Waals surface area contributed by atoms with Gasteiger partial charge in [0, 0.05) is 20.0 Å². The van der Waals surface area contributed by atoms with Crippen molar-refractivity contribution in [3.63, 3.8) is 0 Å². The smallest absolute Gasteiger partial charge is 0.265 e. The summed E-state index contributed by atoms with van der Waals surface area (Å²) < 4.78 is 0. The third-order valence-corrected chi connectivity index (χ3v) is 4.49. The molecule has 120 valence electrons. The van der Waals surface area contributed by atoms with Crippen LogP contribution in [0.25, 0.3) is 0 Å². The summed E-state index contributed by atoms with van der Waals surface area (Å²) in [7, 11) is 3.81. The fourth-order valence-corrected chi connectivity index (χ4v) is 2.82. The van der Waals surface area contributed by atoms with Crippen LogP contribution in [0.3, 0.4) is 0 Å². The summed E-state index contributed by atoms with van der Waals surface area (Å²) in [5.74, 6) is 0.809. The van der Waals surface area contributed by atoms with Gasteiger partial charge in [-0.1, -0.05) is 0 Å². The van der Waals surface area contributed by atoms with E-state index in [4.69, 9.17) is 0 Å². The van der Waals surface area contributed by atoms with Crippen molar-refractivity contribution in [1.82, 2.24) is 4.98 Å². The van der Waals surface area contributed by atoms with Crippen LogP contribution in [0.2, 0.25) is 0 Å². The SMILES string of the molecule is CN(C)c1ccc(NC(=O)c2ccc(NC(=O)C3CC3)s2)cn1. The number of aromatic nitrogens is 1. The van der Waals surface area contributed by atoms with E-state index < -0.39 is 0 Å². The van der Waals surface area contributed by atoms with E-state index in [-0.39, 0.29) is 17.7 Å². The predicted molar refractivity (Wildman–Crippen MR) is 92.2 cm³/mol. The standard InChI is InChI=1S/C16H18N4O2S/c1-20(2)13-7-5-11(9-17-13)18-16(22)12-6-8-14(23-12)19-15(21)10-3-4-10/h5-10H,3-4H2,1-2H3,(H,18,22)(H,19,21). The van der Waals surface area contributed by atoms with Gasteiger partial charge in [-0.25, -0.2) is 4.98 Å². The molecule has 2 N–H and O–H groups in total. The first kappa shape index (κ1) is 15.5. The Balaban J connectivity index is 1.61. The predicted octanol–water partition coefficient (Wildman–Crippen LogP) is 2.81. The lowest BCUT2D eigenvalue weighted by atomic mass is 10.3. The molecule has 1 aliphatic carbocycles. The van der Waals surface area contributed by atoms with Gasteiger partial charge in [-0.2, -0.15) is 0 Å². The first-order valence-corrected chi connectivity index (χ1v) is 8.20. The summed E-state index contributed by atoms with van der Waals surface area (Å²) in [4.78, 5) is 30.6. The number of carbonyl (C=O) groups is 2. The summed E-state index contributed by atoms with van der Waals surface area (Å²) in [6.07, 6.45) is 3.54. The molecule has 0 saturated heterocycles. The topological polar surface area (TPSA) is 74.3 Å². The third kappa shape index (κ3) is 3.87. The number of anilines is 3. The minimum absolute atomic E-state index is 0.0438. The van der Waals surface area contributed by atoms with Crippen LogP contribution >= 0.6 is 11.3 Å². The van der Waals surface area contributed by atoms with Crippen molar-refractivity contribution in [3.8, 4) is 0 Å². The number of amides is 2. The van der Waals surface area contributed by atoms with E-state index in [0.29, 0.717) is 15.6 Å². The molecule has 0 spiro atoms. The average Bonchev–Trinajstić information content (AvgIpc) is 3.28. The van der Waals surface area contributed by atoms with E-state index in [0.717, 1.165) is 18.7 Å². The highest BCUT2D eigenvalue weighted by Gasteiger charge is 2.29. The molecule has 0 unspecified atom stereocenters. The zero-order valence-electron chi connectivity index (χ0n) is 13.0. The van der Waals surface area contributed by atoms with Gasteiger partial charge in [-0.05, 0) is 37.1 Å². The van der Waals surface area contributed by atoms with Crippen LogP contribution in [0.5, 0.6) is 0 Å². The number of thiophene rings is 1. The molecule has 1 aliphatic rings. The summed E-state index contributed by atoms with van der Waals surface area (Å²) in [5, 5.41) is 6.35. The zero-order chi connectivity index (χ0) is 16.4. The van der Waals surface area contributed by atoms with Crippen molar-refractivity contribution in [2.45, 2.75) is 12.8 Å². The first-order valence-electron chi connectivity index (χ1n) is 7.38. The Morgan fingerprint density at radius 1 is 1.17 bits per heavy atom. The molecule has 0 radical (unpaired) electrons. The van der Waals surface area contributed by atoms with Gasteiger partial charge < -0.3 is 15.5 Å². The van der Waals surface area contributed by atoms with Crippen molar-refractivity contribution < 1.29 is 9.59 Å². The molecule has 6 nitrogen and oxygen atoms in total. The molecule has 2 aromatic heterocycles. The van der Waals surface area contributed by atoms with Gasteiger partial charge in [-0.15, -0.1) is 11.3 Å². The highest BCUT2D eigenvalue weighted by atomic mass is 32.1. The molecule has 1 fully saturated rings. The molecule has 2 amide bonds. The van der Waals surface area contributed by atoms with E-state index in [2.05, 4.69) is 15.6 Å². The average molecular weight is 330 g/mol. The van der Waals surface area contributed by atoms with Crippen LogP contribution in [0.4, 0.5) is 16.5 Å². The highest BCUT2D eigenvalue weighted by Crippen LogP contribution is 2.31. The van der Waals surface area contributed by atoms with Crippen molar-refractivity contribution in [1.29, 1.82) is 0 Å². The van der Waals surface area contributed by atoms with E-state index in [9.17, 15) is 9.59 Å². The fourth-order valence-electron chi connectivity index (χ4n) is 2.01. The molecular weight excluding hydrogens is 312 g/mol. The quantitative estimate of drug-likeness (QED) is 0.884. The number of carbonyl (C=O) groups excluding carboxylic acids is 2. The highest BCUT2D eigenvalue weighted by molar-refractivity contribution is 7.18. The molecule has 3 rings (SSSR count). The Morgan fingerprint density at radius 2 is 1.96 bits per heavy atom. The molecule has 0 bridgehead atoms. The second kappa shape index (κ2) is 6.37. The second-order valence-electron chi connectivity index (χ2n) is 5.68. The Hall–Kier alpha value is -2.41. The minimum Gasteiger partial charge on any atom is -0.363 e. The number of rotatable bonds is 5. The Kier molecular flexibility index (Phi) is 4.29. The molecule has 0 aromatic carbocycles. The third-order valence-electron chi connectivity index (χ3n) is 3.49. The maximum atomic E-state index is 12.2. The molecule has 23 heavy (non-hydrogen) atoms. The number of hydrogen-bond acceptors (Lipinski definition) is 5. The van der Waals surface area contributed by atoms with Crippen molar-refractivity contribution in [3.05, 3.63) is 35.3 Å². The second-order valence-corrected chi connectivity index (χ2v) is 6.76. The number of nitrogens with one attached hydrogen (secondary N) is 2. The molecule has 7 heteroatoms. The van der Waals surface area contributed by atoms with Crippen molar-refractivity contribution >= 4 is 39.7 Å². The molecule has 0 atom stereocenters. The summed E-state index contributed by atoms with van der Waals surface area (Å²) in [6, 6.07) is 7.12. The number of hydrogen-bond donors (Lipinski definition) is 2. The van der Waals surface area contributed by atoms with Crippen molar-refractivity contribution in [2.24, 2.45) is 5.92 Å². The van der Waals surface area contributed by atoms with Gasteiger partial charge >= 0.3 is 0 Å². The first-order chi connectivity index (χ1) is 11.0. The van der Waals surface area contributed by atoms with Crippen molar-refractivity contribution in [2.75, 3.05) is 29.6 Å². The minimum atomic E-state index is -0.207. The van der Waals surface area contributed by atoms with Crippen LogP contribution < -0.4 is 15.5 Å². The molecule has 1 saturated carbocycles. The fraction of sp³-hybridized carbons (Fsp3) is 0.312. The van der Waals surface area contributed by atoms with E-state index in [1.54, 1.807) is 18.3 Å². The Bertz CT molecular complexity index is 720. The van der Waals surface area contributed by atoms with Gasteiger partial charge in [0.05, 0.1) is 21.8 Å². The van der Waals surface area contributed by atoms with E-state index in [1.807, 2.05) is 31.1 Å². The van der Waals surface area contributed by atoms with Gasteiger partial charge in [0.25, 0.3) is 5.91 Å². The van der Waals surface area contributed by atoms with E-state index >= 15 is 0 Å². The van der Waals surface area contributed by atoms with Crippen LogP contribution in [0.1, 0.15) is 22.5 Å². The van der Waals surface area contributed by atoms with Gasteiger partial charge in [-0.3, -0.25) is 9.59 Å². The molecule has 2 heterocycles. The maximum Gasteiger partial charge on any atom is 0.265 e. The summed E-state index contributed by atoms with van der Waals surface area (Å²) in [5.41, 5.74) is 0.637. The van der Waals surface area contributed by atoms with Gasteiger partial charge in [0.2, 0.25) is 5.91 Å². The molecule has 0 aliphatic heterocycles. The lowest BCUT2D eigenvalue weighted by molar-refractivity contribution is -0.117. The van der Waals surface area contributed by atoms with Crippen LogP contribution in [-0.4, -0.2) is 30.9 Å². The largest absolute Gasteiger partial charge is 0.363 e. The Labute approximate surface area is 138 Å². The maximum absolute atomic E-state index is 12.2. The normalized spacial score (nSPS) is 13.5. The van der Waals surface area contributed by atoms with Crippen LogP contribution in [-0.2, 0) is 4.79 Å². The number of nitrogens with zero attached hydrogens (tertiary/aromatic N) is 2. The van der Waals surface area contributed by atoms with E-state index in [1.165, 1.54) is 11.3 Å². The Morgan fingerprint density at radius 3 is 2.57 bits per heavy atom. The summed E-state index contributed by atoms with van der Waals surface area (Å²) in [6.45, 7) is 0. The molecular formula is C16H18N4O2S. The van der Waals surface area contributed by atoms with Crippen LogP contribution in [0.15, 0.2) is 30.5 Å². The van der Waals surface area contributed by atoms with Crippen LogP contribution in [0, 0.1) is 5.92 Å². The lowest BCUT2D eigenvalue weighted by Gasteiger charge is -2.11. The van der Waals surface area contributed by atoms with Gasteiger partial charge in [0.1, 0.15) is 5.82 Å². The zero-order valence-corrected chi connectivity index (χ0v) is 13.8. The lowest BCUT2D eigenvalue weighted by Crippen LogP contribution is -2.13. The molecule has 2 aromatic rings. The number of pyridine rings is 1.